The SMILES string of the molecule is Cc1cccc(NC(=O)N2CCN(C(=O)CC3CSCCN3)CC2)c1. The number of amides is 3. The molecule has 0 aromatic heterocycles. The number of carbonyl (C=O) groups excluding carboxylic acids is 2. The van der Waals surface area contributed by atoms with Gasteiger partial charge in [-0.25, -0.2) is 4.79 Å². The van der Waals surface area contributed by atoms with Crippen LogP contribution in [0.15, 0.2) is 24.3 Å². The molecule has 3 rings (SSSR count). The Morgan fingerprint density at radius 1 is 1.24 bits per heavy atom. The van der Waals surface area contributed by atoms with Crippen molar-refractivity contribution in [2.45, 2.75) is 19.4 Å². The third kappa shape index (κ3) is 5.12. The van der Waals surface area contributed by atoms with Gasteiger partial charge < -0.3 is 20.4 Å². The zero-order valence-electron chi connectivity index (χ0n) is 14.7. The molecule has 1 aromatic rings. The minimum atomic E-state index is -0.0944. The Kier molecular flexibility index (Phi) is 6.20. The van der Waals surface area contributed by atoms with Gasteiger partial charge in [0.1, 0.15) is 0 Å². The van der Waals surface area contributed by atoms with Crippen LogP contribution in [0, 0.1) is 6.92 Å². The number of piperazine rings is 1. The van der Waals surface area contributed by atoms with E-state index < -0.39 is 0 Å². The molecule has 0 radical (unpaired) electrons. The van der Waals surface area contributed by atoms with Gasteiger partial charge in [0.05, 0.1) is 0 Å². The number of rotatable bonds is 3. The van der Waals surface area contributed by atoms with Crippen molar-refractivity contribution < 1.29 is 9.59 Å². The first kappa shape index (κ1) is 18.1. The van der Waals surface area contributed by atoms with Gasteiger partial charge in [0, 0.05) is 62.4 Å². The number of hydrogen-bond acceptors (Lipinski definition) is 4. The number of carbonyl (C=O) groups is 2. The first-order valence-corrected chi connectivity index (χ1v) is 9.99. The number of urea groups is 1. The molecular formula is C18H26N4O2S. The zero-order chi connectivity index (χ0) is 17.6. The van der Waals surface area contributed by atoms with Crippen LogP contribution in [-0.2, 0) is 4.79 Å². The van der Waals surface area contributed by atoms with Gasteiger partial charge >= 0.3 is 6.03 Å². The van der Waals surface area contributed by atoms with Gasteiger partial charge in [-0.2, -0.15) is 11.8 Å². The van der Waals surface area contributed by atoms with E-state index in [-0.39, 0.29) is 18.0 Å². The number of benzene rings is 1. The van der Waals surface area contributed by atoms with Crippen molar-refractivity contribution in [3.63, 3.8) is 0 Å². The minimum absolute atomic E-state index is 0.0944. The normalized spacial score (nSPS) is 21.1. The Balaban J connectivity index is 1.44. The molecule has 2 aliphatic rings. The zero-order valence-corrected chi connectivity index (χ0v) is 15.5. The molecule has 0 bridgehead atoms. The Bertz CT molecular complexity index is 611. The van der Waals surface area contributed by atoms with E-state index in [0.29, 0.717) is 32.6 Å². The summed E-state index contributed by atoms with van der Waals surface area (Å²) in [6, 6.07) is 7.96. The van der Waals surface area contributed by atoms with Crippen molar-refractivity contribution >= 4 is 29.4 Å². The van der Waals surface area contributed by atoms with Crippen molar-refractivity contribution in [2.75, 3.05) is 49.5 Å². The number of thioether (sulfide) groups is 1. The second-order valence-electron chi connectivity index (χ2n) is 6.60. The molecule has 0 saturated carbocycles. The second kappa shape index (κ2) is 8.58. The van der Waals surface area contributed by atoms with Crippen LogP contribution in [0.25, 0.3) is 0 Å². The highest BCUT2D eigenvalue weighted by Crippen LogP contribution is 2.14. The average Bonchev–Trinajstić information content (AvgIpc) is 2.62. The predicted molar refractivity (Wildman–Crippen MR) is 102 cm³/mol. The Hall–Kier alpha value is -1.73. The summed E-state index contributed by atoms with van der Waals surface area (Å²) < 4.78 is 0. The van der Waals surface area contributed by atoms with Crippen LogP contribution in [-0.4, -0.2) is 72.0 Å². The summed E-state index contributed by atoms with van der Waals surface area (Å²) in [6.45, 7) is 5.36. The lowest BCUT2D eigenvalue weighted by Gasteiger charge is -2.35. The van der Waals surface area contributed by atoms with E-state index in [9.17, 15) is 9.59 Å². The van der Waals surface area contributed by atoms with Gasteiger partial charge in [0.2, 0.25) is 5.91 Å². The van der Waals surface area contributed by atoms with Gasteiger partial charge in [0.15, 0.2) is 0 Å². The standard InChI is InChI=1S/C18H26N4O2S/c1-14-3-2-4-15(11-14)20-18(24)22-8-6-21(7-9-22)17(23)12-16-13-25-10-5-19-16/h2-4,11,16,19H,5-10,12-13H2,1H3,(H,20,24). The lowest BCUT2D eigenvalue weighted by atomic mass is 10.2. The summed E-state index contributed by atoms with van der Waals surface area (Å²) in [5.74, 6) is 2.32. The van der Waals surface area contributed by atoms with E-state index in [2.05, 4.69) is 10.6 Å². The maximum atomic E-state index is 12.4. The Morgan fingerprint density at radius 3 is 2.68 bits per heavy atom. The summed E-state index contributed by atoms with van der Waals surface area (Å²) >= 11 is 1.90. The first-order chi connectivity index (χ1) is 12.1. The number of aryl methyl sites for hydroxylation is 1. The molecule has 7 heteroatoms. The van der Waals surface area contributed by atoms with Gasteiger partial charge in [-0.05, 0) is 24.6 Å². The highest BCUT2D eigenvalue weighted by Gasteiger charge is 2.26. The molecule has 1 aromatic carbocycles. The van der Waals surface area contributed by atoms with E-state index in [4.69, 9.17) is 0 Å². The lowest BCUT2D eigenvalue weighted by Crippen LogP contribution is -2.53. The fourth-order valence-corrected chi connectivity index (χ4v) is 4.12. The first-order valence-electron chi connectivity index (χ1n) is 8.83. The molecule has 2 aliphatic heterocycles. The maximum absolute atomic E-state index is 12.4. The molecule has 0 spiro atoms. The van der Waals surface area contributed by atoms with Crippen LogP contribution in [0.5, 0.6) is 0 Å². The van der Waals surface area contributed by atoms with E-state index in [0.717, 1.165) is 29.3 Å². The van der Waals surface area contributed by atoms with Crippen molar-refractivity contribution in [3.8, 4) is 0 Å². The molecule has 25 heavy (non-hydrogen) atoms. The highest BCUT2D eigenvalue weighted by atomic mass is 32.2. The van der Waals surface area contributed by atoms with Crippen LogP contribution in [0.1, 0.15) is 12.0 Å². The van der Waals surface area contributed by atoms with E-state index in [1.54, 1.807) is 4.90 Å². The van der Waals surface area contributed by atoms with Crippen LogP contribution in [0.4, 0.5) is 10.5 Å². The maximum Gasteiger partial charge on any atom is 0.321 e. The molecule has 1 atom stereocenters. The van der Waals surface area contributed by atoms with Crippen LogP contribution in [0.3, 0.4) is 0 Å². The summed E-state index contributed by atoms with van der Waals surface area (Å²) in [6.07, 6.45) is 0.558. The molecule has 2 fully saturated rings. The number of nitrogens with zero attached hydrogens (tertiary/aromatic N) is 2. The second-order valence-corrected chi connectivity index (χ2v) is 7.75. The average molecular weight is 362 g/mol. The monoisotopic (exact) mass is 362 g/mol. The molecule has 2 N–H and O–H groups in total. The summed E-state index contributed by atoms with van der Waals surface area (Å²) in [5.41, 5.74) is 1.92. The summed E-state index contributed by atoms with van der Waals surface area (Å²) in [5, 5.41) is 6.34. The minimum Gasteiger partial charge on any atom is -0.339 e. The van der Waals surface area contributed by atoms with Crippen LogP contribution >= 0.6 is 11.8 Å². The van der Waals surface area contributed by atoms with E-state index in [1.165, 1.54) is 0 Å². The predicted octanol–water partition coefficient (Wildman–Crippen LogP) is 1.77. The van der Waals surface area contributed by atoms with Gasteiger partial charge in [-0.3, -0.25) is 4.79 Å². The molecular weight excluding hydrogens is 336 g/mol. The van der Waals surface area contributed by atoms with E-state index in [1.807, 2.05) is 47.9 Å². The third-order valence-electron chi connectivity index (χ3n) is 4.61. The molecule has 136 valence electrons. The fourth-order valence-electron chi connectivity index (χ4n) is 3.18. The molecule has 2 heterocycles. The molecule has 2 saturated heterocycles. The molecule has 6 nitrogen and oxygen atoms in total. The van der Waals surface area contributed by atoms with Crippen LogP contribution < -0.4 is 10.6 Å². The summed E-state index contributed by atoms with van der Waals surface area (Å²) in [4.78, 5) is 28.5. The quantitative estimate of drug-likeness (QED) is 0.860. The molecule has 1 unspecified atom stereocenters. The third-order valence-corrected chi connectivity index (χ3v) is 5.74. The number of anilines is 1. The van der Waals surface area contributed by atoms with E-state index >= 15 is 0 Å². The van der Waals surface area contributed by atoms with Gasteiger partial charge in [-0.1, -0.05) is 12.1 Å². The number of nitrogens with one attached hydrogen (secondary N) is 2. The van der Waals surface area contributed by atoms with Crippen molar-refractivity contribution in [1.82, 2.24) is 15.1 Å². The van der Waals surface area contributed by atoms with Crippen LogP contribution in [0.2, 0.25) is 0 Å². The Morgan fingerprint density at radius 2 is 2.00 bits per heavy atom. The van der Waals surface area contributed by atoms with Gasteiger partial charge in [0.25, 0.3) is 0 Å². The smallest absolute Gasteiger partial charge is 0.321 e. The fraction of sp³-hybridized carbons (Fsp3) is 0.556. The van der Waals surface area contributed by atoms with Crippen molar-refractivity contribution in [2.24, 2.45) is 0 Å². The molecule has 3 amide bonds. The number of hydrogen-bond donors (Lipinski definition) is 2. The highest BCUT2D eigenvalue weighted by molar-refractivity contribution is 7.99. The lowest BCUT2D eigenvalue weighted by molar-refractivity contribution is -0.133. The van der Waals surface area contributed by atoms with Gasteiger partial charge in [-0.15, -0.1) is 0 Å². The summed E-state index contributed by atoms with van der Waals surface area (Å²) in [7, 11) is 0. The van der Waals surface area contributed by atoms with Crippen molar-refractivity contribution in [1.29, 1.82) is 0 Å². The molecule has 0 aliphatic carbocycles. The Labute approximate surface area is 153 Å². The van der Waals surface area contributed by atoms with Crippen molar-refractivity contribution in [3.05, 3.63) is 29.8 Å². The topological polar surface area (TPSA) is 64.7 Å². The largest absolute Gasteiger partial charge is 0.339 e.